The number of hydrogen-bond donors (Lipinski definition) is 1. The number of hydrogen-bond acceptors (Lipinski definition) is 1. The molecule has 0 aliphatic carbocycles. The van der Waals surface area contributed by atoms with E-state index in [1.54, 1.807) is 12.1 Å². The second-order valence-corrected chi connectivity index (χ2v) is 3.22. The molecule has 0 heterocycles. The van der Waals surface area contributed by atoms with Gasteiger partial charge in [-0.05, 0) is 23.3 Å². The van der Waals surface area contributed by atoms with Crippen LogP contribution in [0.15, 0.2) is 48.5 Å². The van der Waals surface area contributed by atoms with Crippen LogP contribution in [-0.2, 0) is 0 Å². The fourth-order valence-corrected chi connectivity index (χ4v) is 1.42. The standard InChI is InChI=1S/C13H10NO/c14-13(15)12-8-4-7-11(9-12)10-5-2-1-3-6-10/h1-7,9H,(H2,14,15). The smallest absolute Gasteiger partial charge is 0.249 e. The lowest BCUT2D eigenvalue weighted by atomic mass is 10.0. The van der Waals surface area contributed by atoms with Crippen LogP contribution in [0.4, 0.5) is 0 Å². The Morgan fingerprint density at radius 3 is 2.47 bits per heavy atom. The highest BCUT2D eigenvalue weighted by molar-refractivity contribution is 5.93. The van der Waals surface area contributed by atoms with Gasteiger partial charge in [0.15, 0.2) is 0 Å². The van der Waals surface area contributed by atoms with Crippen molar-refractivity contribution in [2.75, 3.05) is 0 Å². The number of benzene rings is 2. The minimum atomic E-state index is -0.451. The first-order valence-corrected chi connectivity index (χ1v) is 4.64. The first-order chi connectivity index (χ1) is 7.27. The molecule has 2 rings (SSSR count). The monoisotopic (exact) mass is 196 g/mol. The predicted octanol–water partition coefficient (Wildman–Crippen LogP) is 2.25. The summed E-state index contributed by atoms with van der Waals surface area (Å²) in [6.07, 6.45) is 0. The molecule has 0 aromatic heterocycles. The number of primary amides is 1. The summed E-state index contributed by atoms with van der Waals surface area (Å²) in [5, 5.41) is 0. The first kappa shape index (κ1) is 9.46. The van der Waals surface area contributed by atoms with Gasteiger partial charge in [-0.1, -0.05) is 42.5 Å². The van der Waals surface area contributed by atoms with Crippen LogP contribution in [-0.4, -0.2) is 5.91 Å². The maximum absolute atomic E-state index is 11.0. The van der Waals surface area contributed by atoms with E-state index in [9.17, 15) is 4.79 Å². The molecule has 2 nitrogen and oxygen atoms in total. The van der Waals surface area contributed by atoms with Crippen molar-refractivity contribution in [3.05, 3.63) is 60.2 Å². The number of amides is 1. The Kier molecular flexibility index (Phi) is 2.50. The molecule has 0 saturated heterocycles. The minimum absolute atomic E-state index is 0.413. The summed E-state index contributed by atoms with van der Waals surface area (Å²) in [6.45, 7) is 0. The number of nitrogens with two attached hydrogens (primary N) is 1. The quantitative estimate of drug-likeness (QED) is 0.786. The largest absolute Gasteiger partial charge is 0.366 e. The fraction of sp³-hybridized carbons (Fsp3) is 0. The van der Waals surface area contributed by atoms with Crippen molar-refractivity contribution in [2.45, 2.75) is 0 Å². The van der Waals surface area contributed by atoms with E-state index in [2.05, 4.69) is 6.07 Å². The highest BCUT2D eigenvalue weighted by Gasteiger charge is 2.02. The number of rotatable bonds is 2. The number of carbonyl (C=O) groups is 1. The second kappa shape index (κ2) is 3.96. The van der Waals surface area contributed by atoms with Crippen LogP contribution in [0.1, 0.15) is 10.4 Å². The molecule has 1 radical (unpaired) electrons. The van der Waals surface area contributed by atoms with Crippen molar-refractivity contribution >= 4 is 5.91 Å². The molecule has 2 heteroatoms. The van der Waals surface area contributed by atoms with E-state index in [0.29, 0.717) is 5.56 Å². The third-order valence-electron chi connectivity index (χ3n) is 2.17. The van der Waals surface area contributed by atoms with E-state index in [0.717, 1.165) is 11.1 Å². The molecular formula is C13H10NO. The van der Waals surface area contributed by atoms with E-state index in [-0.39, 0.29) is 0 Å². The third kappa shape index (κ3) is 2.05. The molecule has 0 aliphatic heterocycles. The van der Waals surface area contributed by atoms with Gasteiger partial charge >= 0.3 is 0 Å². The van der Waals surface area contributed by atoms with Gasteiger partial charge < -0.3 is 5.73 Å². The summed E-state index contributed by atoms with van der Waals surface area (Å²) in [5.74, 6) is -0.451. The fourth-order valence-electron chi connectivity index (χ4n) is 1.42. The van der Waals surface area contributed by atoms with Gasteiger partial charge in [0, 0.05) is 5.56 Å². The summed E-state index contributed by atoms with van der Waals surface area (Å²) in [7, 11) is 0. The van der Waals surface area contributed by atoms with Gasteiger partial charge in [0.1, 0.15) is 0 Å². The summed E-state index contributed by atoms with van der Waals surface area (Å²) in [4.78, 5) is 11.0. The lowest BCUT2D eigenvalue weighted by molar-refractivity contribution is 0.1000. The van der Waals surface area contributed by atoms with Gasteiger partial charge in [-0.3, -0.25) is 4.79 Å². The maximum Gasteiger partial charge on any atom is 0.249 e. The molecule has 0 spiro atoms. The van der Waals surface area contributed by atoms with Crippen LogP contribution in [0.2, 0.25) is 0 Å². The van der Waals surface area contributed by atoms with Crippen molar-refractivity contribution < 1.29 is 4.79 Å². The highest BCUT2D eigenvalue weighted by Crippen LogP contribution is 2.19. The van der Waals surface area contributed by atoms with Crippen LogP contribution in [0.3, 0.4) is 0 Å². The number of carbonyl (C=O) groups excluding carboxylic acids is 1. The molecule has 2 aromatic rings. The zero-order chi connectivity index (χ0) is 10.7. The lowest BCUT2D eigenvalue weighted by Gasteiger charge is -2.02. The molecule has 2 aromatic carbocycles. The van der Waals surface area contributed by atoms with Crippen molar-refractivity contribution in [1.82, 2.24) is 0 Å². The van der Waals surface area contributed by atoms with Crippen LogP contribution in [0.25, 0.3) is 11.1 Å². The highest BCUT2D eigenvalue weighted by atomic mass is 16.1. The van der Waals surface area contributed by atoms with Crippen LogP contribution in [0, 0.1) is 6.07 Å². The molecule has 0 aliphatic rings. The van der Waals surface area contributed by atoms with Crippen molar-refractivity contribution in [3.63, 3.8) is 0 Å². The van der Waals surface area contributed by atoms with Crippen molar-refractivity contribution in [3.8, 4) is 11.1 Å². The van der Waals surface area contributed by atoms with Crippen molar-refractivity contribution in [1.29, 1.82) is 0 Å². The van der Waals surface area contributed by atoms with Gasteiger partial charge in [-0.2, -0.15) is 0 Å². The molecule has 0 bridgehead atoms. The molecule has 0 fully saturated rings. The molecule has 2 N–H and O–H groups in total. The van der Waals surface area contributed by atoms with Crippen LogP contribution in [0.5, 0.6) is 0 Å². The Hall–Kier alpha value is -2.09. The van der Waals surface area contributed by atoms with Gasteiger partial charge in [0.05, 0.1) is 0 Å². The van der Waals surface area contributed by atoms with Crippen LogP contribution >= 0.6 is 0 Å². The Morgan fingerprint density at radius 2 is 1.80 bits per heavy atom. The SMILES string of the molecule is NC(=O)c1[c]ccc(-c2ccccc2)c1. The van der Waals surface area contributed by atoms with E-state index in [4.69, 9.17) is 5.73 Å². The summed E-state index contributed by atoms with van der Waals surface area (Å²) in [5.41, 5.74) is 7.64. The van der Waals surface area contributed by atoms with Gasteiger partial charge in [-0.15, -0.1) is 0 Å². The lowest BCUT2D eigenvalue weighted by Crippen LogP contribution is -2.10. The Labute approximate surface area is 88.4 Å². The second-order valence-electron chi connectivity index (χ2n) is 3.22. The Morgan fingerprint density at radius 1 is 1.07 bits per heavy atom. The predicted molar refractivity (Wildman–Crippen MR) is 59.2 cm³/mol. The van der Waals surface area contributed by atoms with Gasteiger partial charge in [0.2, 0.25) is 5.91 Å². The molecule has 0 saturated carbocycles. The summed E-state index contributed by atoms with van der Waals surface area (Å²) >= 11 is 0. The molecule has 0 unspecified atom stereocenters. The zero-order valence-electron chi connectivity index (χ0n) is 8.10. The third-order valence-corrected chi connectivity index (χ3v) is 2.17. The minimum Gasteiger partial charge on any atom is -0.366 e. The Balaban J connectivity index is 2.46. The van der Waals surface area contributed by atoms with E-state index < -0.39 is 5.91 Å². The van der Waals surface area contributed by atoms with E-state index >= 15 is 0 Å². The van der Waals surface area contributed by atoms with Gasteiger partial charge in [-0.25, -0.2) is 0 Å². The molecular weight excluding hydrogens is 186 g/mol. The average molecular weight is 196 g/mol. The normalized spacial score (nSPS) is 9.87. The Bertz CT molecular complexity index is 477. The van der Waals surface area contributed by atoms with Gasteiger partial charge in [0.25, 0.3) is 0 Å². The van der Waals surface area contributed by atoms with E-state index in [1.807, 2.05) is 36.4 Å². The zero-order valence-corrected chi connectivity index (χ0v) is 8.10. The first-order valence-electron chi connectivity index (χ1n) is 4.64. The van der Waals surface area contributed by atoms with Crippen molar-refractivity contribution in [2.24, 2.45) is 5.73 Å². The summed E-state index contributed by atoms with van der Waals surface area (Å²) < 4.78 is 0. The molecule has 15 heavy (non-hydrogen) atoms. The van der Waals surface area contributed by atoms with E-state index in [1.165, 1.54) is 0 Å². The molecule has 0 atom stereocenters. The molecule has 1 amide bonds. The molecule has 73 valence electrons. The maximum atomic E-state index is 11.0. The average Bonchev–Trinajstić information content (AvgIpc) is 2.30. The topological polar surface area (TPSA) is 43.1 Å². The van der Waals surface area contributed by atoms with Crippen LogP contribution < -0.4 is 5.73 Å². The summed E-state index contributed by atoms with van der Waals surface area (Å²) in [6, 6.07) is 18.0.